The molecule has 0 spiro atoms. The maximum Gasteiger partial charge on any atom is 0.292 e. The Morgan fingerprint density at radius 3 is 2.62 bits per heavy atom. The van der Waals surface area contributed by atoms with E-state index in [0.717, 1.165) is 5.56 Å². The summed E-state index contributed by atoms with van der Waals surface area (Å²) >= 11 is 0. The minimum absolute atomic E-state index is 0.148. The maximum absolute atomic E-state index is 12.2. The second-order valence-electron chi connectivity index (χ2n) is 4.55. The number of benzene rings is 1. The van der Waals surface area contributed by atoms with Crippen molar-refractivity contribution in [2.24, 2.45) is 5.73 Å². The molecular weight excluding hydrogens is 268 g/mol. The highest BCUT2D eigenvalue weighted by atomic mass is 16.5. The molecule has 2 N–H and O–H groups in total. The second kappa shape index (κ2) is 8.24. The summed E-state index contributed by atoms with van der Waals surface area (Å²) in [5, 5.41) is 0. The van der Waals surface area contributed by atoms with Gasteiger partial charge in [0.25, 0.3) is 5.56 Å². The predicted molar refractivity (Wildman–Crippen MR) is 81.3 cm³/mol. The van der Waals surface area contributed by atoms with Gasteiger partial charge >= 0.3 is 0 Å². The molecule has 5 nitrogen and oxygen atoms in total. The molecule has 0 bridgehead atoms. The standard InChI is InChI=1S/C16H20N2O3/c17-8-11-20-12-10-18-9-4-7-15(16(18)19)21-13-14-5-2-1-3-6-14/h1-7,9H,8,10-13,17H2. The third kappa shape index (κ3) is 4.73. The van der Waals surface area contributed by atoms with Crippen molar-refractivity contribution in [1.29, 1.82) is 0 Å². The number of rotatable bonds is 8. The Hall–Kier alpha value is -2.11. The van der Waals surface area contributed by atoms with Gasteiger partial charge in [0.2, 0.25) is 0 Å². The number of aromatic nitrogens is 1. The molecule has 0 amide bonds. The molecule has 1 aromatic heterocycles. The van der Waals surface area contributed by atoms with E-state index in [-0.39, 0.29) is 5.56 Å². The summed E-state index contributed by atoms with van der Waals surface area (Å²) in [7, 11) is 0. The van der Waals surface area contributed by atoms with Crippen LogP contribution < -0.4 is 16.0 Å². The van der Waals surface area contributed by atoms with Crippen LogP contribution in [0.3, 0.4) is 0 Å². The predicted octanol–water partition coefficient (Wildman–Crippen LogP) is 1.40. The molecule has 0 radical (unpaired) electrons. The van der Waals surface area contributed by atoms with Gasteiger partial charge in [-0.2, -0.15) is 0 Å². The summed E-state index contributed by atoms with van der Waals surface area (Å²) in [5.41, 5.74) is 6.22. The molecule has 0 fully saturated rings. The molecule has 21 heavy (non-hydrogen) atoms. The average Bonchev–Trinajstić information content (AvgIpc) is 2.53. The third-order valence-corrected chi connectivity index (χ3v) is 2.96. The van der Waals surface area contributed by atoms with Crippen molar-refractivity contribution >= 4 is 0 Å². The van der Waals surface area contributed by atoms with Gasteiger partial charge in [0.05, 0.1) is 13.2 Å². The van der Waals surface area contributed by atoms with Crippen molar-refractivity contribution < 1.29 is 9.47 Å². The van der Waals surface area contributed by atoms with Crippen LogP contribution in [-0.4, -0.2) is 24.3 Å². The molecule has 0 atom stereocenters. The van der Waals surface area contributed by atoms with Gasteiger partial charge < -0.3 is 19.8 Å². The van der Waals surface area contributed by atoms with Gasteiger partial charge in [0.15, 0.2) is 5.75 Å². The molecular formula is C16H20N2O3. The van der Waals surface area contributed by atoms with Crippen LogP contribution in [0, 0.1) is 0 Å². The molecule has 1 heterocycles. The molecule has 5 heteroatoms. The molecule has 1 aromatic carbocycles. The summed E-state index contributed by atoms with van der Waals surface area (Å²) in [6.07, 6.45) is 1.73. The van der Waals surface area contributed by atoms with Gasteiger partial charge in [0.1, 0.15) is 6.61 Å². The highest BCUT2D eigenvalue weighted by Gasteiger charge is 2.04. The van der Waals surface area contributed by atoms with Crippen LogP contribution in [0.5, 0.6) is 5.75 Å². The van der Waals surface area contributed by atoms with Crippen molar-refractivity contribution in [2.75, 3.05) is 19.8 Å². The molecule has 0 aliphatic carbocycles. The Labute approximate surface area is 123 Å². The normalized spacial score (nSPS) is 10.5. The van der Waals surface area contributed by atoms with Crippen LogP contribution >= 0.6 is 0 Å². The van der Waals surface area contributed by atoms with E-state index >= 15 is 0 Å². The molecule has 2 rings (SSSR count). The fourth-order valence-corrected chi connectivity index (χ4v) is 1.88. The van der Waals surface area contributed by atoms with Crippen LogP contribution in [0.25, 0.3) is 0 Å². The Morgan fingerprint density at radius 1 is 1.05 bits per heavy atom. The van der Waals surface area contributed by atoms with E-state index in [1.807, 2.05) is 30.3 Å². The first-order valence-electron chi connectivity index (χ1n) is 6.95. The van der Waals surface area contributed by atoms with Crippen LogP contribution in [0.15, 0.2) is 53.5 Å². The summed E-state index contributed by atoms with van der Waals surface area (Å²) in [6, 6.07) is 13.2. The number of nitrogens with two attached hydrogens (primary N) is 1. The topological polar surface area (TPSA) is 66.5 Å². The van der Waals surface area contributed by atoms with Crippen molar-refractivity contribution in [1.82, 2.24) is 4.57 Å². The second-order valence-corrected chi connectivity index (χ2v) is 4.55. The van der Waals surface area contributed by atoms with E-state index < -0.39 is 0 Å². The van der Waals surface area contributed by atoms with Gasteiger partial charge in [-0.25, -0.2) is 0 Å². The zero-order valence-electron chi connectivity index (χ0n) is 11.9. The first-order chi connectivity index (χ1) is 10.3. The highest BCUT2D eigenvalue weighted by molar-refractivity contribution is 5.19. The quantitative estimate of drug-likeness (QED) is 0.746. The zero-order chi connectivity index (χ0) is 14.9. The number of nitrogens with zero attached hydrogens (tertiary/aromatic N) is 1. The lowest BCUT2D eigenvalue weighted by molar-refractivity contribution is 0.132. The van der Waals surface area contributed by atoms with Gasteiger partial charge in [0, 0.05) is 19.3 Å². The maximum atomic E-state index is 12.2. The average molecular weight is 288 g/mol. The van der Waals surface area contributed by atoms with Gasteiger partial charge in [-0.3, -0.25) is 4.79 Å². The van der Waals surface area contributed by atoms with Crippen molar-refractivity contribution in [2.45, 2.75) is 13.2 Å². The lowest BCUT2D eigenvalue weighted by atomic mass is 10.2. The van der Waals surface area contributed by atoms with E-state index in [9.17, 15) is 4.79 Å². The van der Waals surface area contributed by atoms with E-state index in [1.54, 1.807) is 22.9 Å². The van der Waals surface area contributed by atoms with E-state index in [2.05, 4.69) is 0 Å². The molecule has 0 saturated carbocycles. The molecule has 0 unspecified atom stereocenters. The van der Waals surface area contributed by atoms with Crippen molar-refractivity contribution in [3.05, 3.63) is 64.6 Å². The van der Waals surface area contributed by atoms with E-state index in [4.69, 9.17) is 15.2 Å². The monoisotopic (exact) mass is 288 g/mol. The zero-order valence-corrected chi connectivity index (χ0v) is 11.9. The van der Waals surface area contributed by atoms with Gasteiger partial charge in [-0.05, 0) is 17.7 Å². The minimum atomic E-state index is -0.148. The number of hydrogen-bond acceptors (Lipinski definition) is 4. The Kier molecular flexibility index (Phi) is 5.99. The lowest BCUT2D eigenvalue weighted by Crippen LogP contribution is -2.23. The summed E-state index contributed by atoms with van der Waals surface area (Å²) < 4.78 is 12.5. The summed E-state index contributed by atoms with van der Waals surface area (Å²) in [5.74, 6) is 0.347. The Bertz CT molecular complexity index is 596. The lowest BCUT2D eigenvalue weighted by Gasteiger charge is -2.09. The molecule has 0 aliphatic rings. The molecule has 0 saturated heterocycles. The Balaban J connectivity index is 1.95. The fraction of sp³-hybridized carbons (Fsp3) is 0.312. The molecule has 2 aromatic rings. The Morgan fingerprint density at radius 2 is 1.86 bits per heavy atom. The van der Waals surface area contributed by atoms with Gasteiger partial charge in [-0.1, -0.05) is 30.3 Å². The van der Waals surface area contributed by atoms with Crippen molar-refractivity contribution in [3.63, 3.8) is 0 Å². The number of ether oxygens (including phenoxy) is 2. The summed E-state index contributed by atoms with van der Waals surface area (Å²) in [6.45, 7) is 2.30. The minimum Gasteiger partial charge on any atom is -0.483 e. The van der Waals surface area contributed by atoms with Crippen LogP contribution in [0.2, 0.25) is 0 Å². The first-order valence-corrected chi connectivity index (χ1v) is 6.95. The largest absolute Gasteiger partial charge is 0.483 e. The highest BCUT2D eigenvalue weighted by Crippen LogP contribution is 2.07. The van der Waals surface area contributed by atoms with Crippen molar-refractivity contribution in [3.8, 4) is 5.75 Å². The smallest absolute Gasteiger partial charge is 0.292 e. The van der Waals surface area contributed by atoms with E-state index in [1.165, 1.54) is 0 Å². The fourth-order valence-electron chi connectivity index (χ4n) is 1.88. The SMILES string of the molecule is NCCOCCn1cccc(OCc2ccccc2)c1=O. The first kappa shape index (κ1) is 15.3. The molecule has 112 valence electrons. The summed E-state index contributed by atoms with van der Waals surface area (Å²) in [4.78, 5) is 12.2. The van der Waals surface area contributed by atoms with Crippen LogP contribution in [-0.2, 0) is 17.9 Å². The number of pyridine rings is 1. The third-order valence-electron chi connectivity index (χ3n) is 2.96. The number of hydrogen-bond donors (Lipinski definition) is 1. The van der Waals surface area contributed by atoms with Crippen LogP contribution in [0.4, 0.5) is 0 Å². The van der Waals surface area contributed by atoms with Crippen LogP contribution in [0.1, 0.15) is 5.56 Å². The molecule has 0 aliphatic heterocycles. The van der Waals surface area contributed by atoms with E-state index in [0.29, 0.717) is 38.7 Å². The van der Waals surface area contributed by atoms with Gasteiger partial charge in [-0.15, -0.1) is 0 Å².